The number of carbonyl (C=O) groups excluding carboxylic acids is 1. The quantitative estimate of drug-likeness (QED) is 0.271. The van der Waals surface area contributed by atoms with Crippen LogP contribution < -0.4 is 9.64 Å². The number of halogens is 2. The zero-order valence-corrected chi connectivity index (χ0v) is 19.9. The fraction of sp³-hybridized carbons (Fsp3) is 0.0769. The number of fused-ring (bicyclic) bond motifs is 1. The second-order valence-corrected chi connectivity index (χ2v) is 9.19. The second-order valence-electron chi connectivity index (χ2n) is 7.33. The molecule has 0 unspecified atom stereocenters. The Morgan fingerprint density at radius 1 is 1.00 bits per heavy atom. The van der Waals surface area contributed by atoms with E-state index in [1.165, 1.54) is 11.3 Å². The molecule has 0 N–H and O–H groups in total. The molecule has 33 heavy (non-hydrogen) atoms. The zero-order valence-electron chi connectivity index (χ0n) is 17.6. The van der Waals surface area contributed by atoms with Gasteiger partial charge in [0.25, 0.3) is 5.91 Å². The number of carbonyl (C=O) groups is 1. The highest BCUT2D eigenvalue weighted by Gasteiger charge is 2.35. The standard InChI is InChI=1S/C26H18Cl2N2O2S/c1-2-32-19-13-11-18(12-14-19)30-25(24-23(28)20-5-3-4-6-22(20)33-24)29-21(26(30)31)15-16-7-9-17(27)10-8-16/h3-15H,2H2,1H3/b21-15+. The summed E-state index contributed by atoms with van der Waals surface area (Å²) in [6.07, 6.45) is 1.76. The predicted molar refractivity (Wildman–Crippen MR) is 138 cm³/mol. The number of anilines is 1. The van der Waals surface area contributed by atoms with E-state index in [0.717, 1.165) is 26.3 Å². The maximum Gasteiger partial charge on any atom is 0.282 e. The molecular weight excluding hydrogens is 475 g/mol. The van der Waals surface area contributed by atoms with Gasteiger partial charge >= 0.3 is 0 Å². The van der Waals surface area contributed by atoms with Gasteiger partial charge in [0.05, 0.1) is 22.2 Å². The van der Waals surface area contributed by atoms with Crippen LogP contribution in [0, 0.1) is 0 Å². The number of amides is 1. The topological polar surface area (TPSA) is 41.9 Å². The first-order chi connectivity index (χ1) is 16.0. The van der Waals surface area contributed by atoms with Crippen molar-refractivity contribution in [1.82, 2.24) is 0 Å². The van der Waals surface area contributed by atoms with E-state index in [9.17, 15) is 4.79 Å². The molecule has 0 saturated heterocycles. The van der Waals surface area contributed by atoms with E-state index in [-0.39, 0.29) is 5.91 Å². The molecule has 0 atom stereocenters. The number of benzene rings is 3. The summed E-state index contributed by atoms with van der Waals surface area (Å²) < 4.78 is 6.59. The Labute approximate surface area is 205 Å². The minimum Gasteiger partial charge on any atom is -0.494 e. The van der Waals surface area contributed by atoms with E-state index in [4.69, 9.17) is 32.9 Å². The fourth-order valence-corrected chi connectivity index (χ4v) is 5.26. The van der Waals surface area contributed by atoms with Crippen LogP contribution in [-0.4, -0.2) is 18.3 Å². The van der Waals surface area contributed by atoms with Crippen molar-refractivity contribution < 1.29 is 9.53 Å². The van der Waals surface area contributed by atoms with Crippen molar-refractivity contribution in [3.05, 3.63) is 99.0 Å². The minimum atomic E-state index is -0.224. The molecule has 1 amide bonds. The van der Waals surface area contributed by atoms with Gasteiger partial charge < -0.3 is 4.74 Å². The Bertz CT molecular complexity index is 1410. The van der Waals surface area contributed by atoms with Crippen LogP contribution in [0.2, 0.25) is 10.0 Å². The van der Waals surface area contributed by atoms with Crippen molar-refractivity contribution in [3.63, 3.8) is 0 Å². The van der Waals surface area contributed by atoms with Gasteiger partial charge in [-0.1, -0.05) is 53.5 Å². The summed E-state index contributed by atoms with van der Waals surface area (Å²) in [5, 5.41) is 2.16. The Morgan fingerprint density at radius 3 is 2.42 bits per heavy atom. The van der Waals surface area contributed by atoms with Crippen molar-refractivity contribution in [2.24, 2.45) is 4.99 Å². The molecule has 0 bridgehead atoms. The van der Waals surface area contributed by atoms with Gasteiger partial charge in [-0.15, -0.1) is 11.3 Å². The maximum absolute atomic E-state index is 13.5. The van der Waals surface area contributed by atoms with Crippen LogP contribution in [0.1, 0.15) is 17.4 Å². The molecule has 0 spiro atoms. The molecule has 0 fully saturated rings. The predicted octanol–water partition coefficient (Wildman–Crippen LogP) is 7.44. The van der Waals surface area contributed by atoms with Crippen LogP contribution in [0.15, 0.2) is 83.5 Å². The largest absolute Gasteiger partial charge is 0.494 e. The first kappa shape index (κ1) is 21.7. The molecule has 5 rings (SSSR count). The Balaban J connectivity index is 1.64. The molecule has 0 saturated carbocycles. The summed E-state index contributed by atoms with van der Waals surface area (Å²) >= 11 is 14.3. The lowest BCUT2D eigenvalue weighted by atomic mass is 10.2. The van der Waals surface area contributed by atoms with Crippen molar-refractivity contribution in [2.75, 3.05) is 11.5 Å². The van der Waals surface area contributed by atoms with Crippen LogP contribution >= 0.6 is 34.5 Å². The molecule has 2 heterocycles. The Morgan fingerprint density at radius 2 is 1.73 bits per heavy atom. The first-order valence-corrected chi connectivity index (χ1v) is 11.9. The summed E-state index contributed by atoms with van der Waals surface area (Å²) in [6.45, 7) is 2.50. The van der Waals surface area contributed by atoms with Crippen molar-refractivity contribution in [1.29, 1.82) is 0 Å². The van der Waals surface area contributed by atoms with Gasteiger partial charge in [-0.25, -0.2) is 4.99 Å². The molecule has 1 aliphatic rings. The number of rotatable bonds is 5. The van der Waals surface area contributed by atoms with E-state index < -0.39 is 0 Å². The highest BCUT2D eigenvalue weighted by Crippen LogP contribution is 2.39. The maximum atomic E-state index is 13.5. The Hall–Kier alpha value is -3.12. The van der Waals surface area contributed by atoms with Crippen molar-refractivity contribution in [3.8, 4) is 5.75 Å². The van der Waals surface area contributed by atoms with Crippen LogP contribution in [0.5, 0.6) is 5.75 Å². The summed E-state index contributed by atoms with van der Waals surface area (Å²) in [7, 11) is 0. The van der Waals surface area contributed by atoms with E-state index in [2.05, 4.69) is 0 Å². The lowest BCUT2D eigenvalue weighted by molar-refractivity contribution is -0.113. The average Bonchev–Trinajstić information content (AvgIpc) is 3.33. The molecular formula is C26H18Cl2N2O2S. The number of hydrogen-bond acceptors (Lipinski definition) is 4. The van der Waals surface area contributed by atoms with Crippen LogP contribution in [0.25, 0.3) is 16.2 Å². The number of hydrogen-bond donors (Lipinski definition) is 0. The summed E-state index contributed by atoms with van der Waals surface area (Å²) in [5.74, 6) is 1.02. The van der Waals surface area contributed by atoms with Gasteiger partial charge in [-0.05, 0) is 61.0 Å². The van der Waals surface area contributed by atoms with Crippen LogP contribution in [-0.2, 0) is 4.79 Å². The first-order valence-electron chi connectivity index (χ1n) is 10.4. The van der Waals surface area contributed by atoms with Crippen molar-refractivity contribution >= 4 is 68.1 Å². The molecule has 4 nitrogen and oxygen atoms in total. The molecule has 7 heteroatoms. The highest BCUT2D eigenvalue weighted by molar-refractivity contribution is 7.21. The SMILES string of the molecule is CCOc1ccc(N2C(=O)/C(=C\c3ccc(Cl)cc3)N=C2c2sc3ccccc3c2Cl)cc1. The molecule has 1 aromatic heterocycles. The monoisotopic (exact) mass is 492 g/mol. The van der Waals surface area contributed by atoms with Gasteiger partial charge in [0.2, 0.25) is 0 Å². The molecule has 0 aliphatic carbocycles. The normalized spacial score (nSPS) is 14.9. The van der Waals surface area contributed by atoms with Gasteiger partial charge in [0, 0.05) is 15.1 Å². The van der Waals surface area contributed by atoms with Crippen LogP contribution in [0.3, 0.4) is 0 Å². The van der Waals surface area contributed by atoms with E-state index in [1.807, 2.05) is 67.6 Å². The third-order valence-corrected chi connectivity index (χ3v) is 7.10. The van der Waals surface area contributed by atoms with Gasteiger partial charge in [-0.3, -0.25) is 9.69 Å². The Kier molecular flexibility index (Phi) is 5.94. The summed E-state index contributed by atoms with van der Waals surface area (Å²) in [4.78, 5) is 20.6. The molecule has 164 valence electrons. The second kappa shape index (κ2) is 9.02. The summed E-state index contributed by atoms with van der Waals surface area (Å²) in [5.41, 5.74) is 1.85. The third-order valence-electron chi connectivity index (χ3n) is 5.18. The number of aliphatic imine (C=N–C) groups is 1. The minimum absolute atomic E-state index is 0.224. The lowest BCUT2D eigenvalue weighted by Crippen LogP contribution is -2.32. The lowest BCUT2D eigenvalue weighted by Gasteiger charge is -2.18. The van der Waals surface area contributed by atoms with Gasteiger partial charge in [0.15, 0.2) is 5.84 Å². The number of ether oxygens (including phenoxy) is 1. The van der Waals surface area contributed by atoms with E-state index >= 15 is 0 Å². The van der Waals surface area contributed by atoms with Crippen molar-refractivity contribution in [2.45, 2.75) is 6.92 Å². The molecule has 4 aromatic rings. The number of thiophene rings is 1. The van der Waals surface area contributed by atoms with Gasteiger partial charge in [0.1, 0.15) is 11.4 Å². The molecule has 1 aliphatic heterocycles. The average molecular weight is 493 g/mol. The van der Waals surface area contributed by atoms with E-state index in [0.29, 0.717) is 33.9 Å². The molecule has 0 radical (unpaired) electrons. The summed E-state index contributed by atoms with van der Waals surface area (Å²) in [6, 6.07) is 22.6. The zero-order chi connectivity index (χ0) is 22.9. The van der Waals surface area contributed by atoms with E-state index in [1.54, 1.807) is 23.1 Å². The highest BCUT2D eigenvalue weighted by atomic mass is 35.5. The third kappa shape index (κ3) is 4.15. The smallest absolute Gasteiger partial charge is 0.282 e. The van der Waals surface area contributed by atoms with Gasteiger partial charge in [-0.2, -0.15) is 0 Å². The fourth-order valence-electron chi connectivity index (χ4n) is 3.64. The number of amidine groups is 1. The molecule has 3 aromatic carbocycles. The number of nitrogens with zero attached hydrogens (tertiary/aromatic N) is 2. The van der Waals surface area contributed by atoms with Crippen LogP contribution in [0.4, 0.5) is 5.69 Å².